The standard InChI is InChI=1S/C5H10N2S2/c1-6-4(8)3-5(9)7-2/h3H2,1-2H3,(H,6,8)(H,7,9). The molecule has 0 spiro atoms. The third-order valence-corrected chi connectivity index (χ3v) is 1.58. The molecule has 0 bridgehead atoms. The van der Waals surface area contributed by atoms with Gasteiger partial charge in [0.2, 0.25) is 0 Å². The van der Waals surface area contributed by atoms with Gasteiger partial charge in [-0.25, -0.2) is 0 Å². The summed E-state index contributed by atoms with van der Waals surface area (Å²) in [7, 11) is 3.58. The van der Waals surface area contributed by atoms with Crippen LogP contribution in [-0.4, -0.2) is 24.1 Å². The lowest BCUT2D eigenvalue weighted by Crippen LogP contribution is -2.24. The third kappa shape index (κ3) is 4.29. The van der Waals surface area contributed by atoms with Gasteiger partial charge in [-0.2, -0.15) is 0 Å². The normalized spacial score (nSPS) is 8.22. The fraction of sp³-hybridized carbons (Fsp3) is 0.600. The zero-order chi connectivity index (χ0) is 7.28. The van der Waals surface area contributed by atoms with Crippen LogP contribution < -0.4 is 10.6 Å². The van der Waals surface area contributed by atoms with Crippen molar-refractivity contribution >= 4 is 34.4 Å². The fourth-order valence-corrected chi connectivity index (χ4v) is 0.703. The summed E-state index contributed by atoms with van der Waals surface area (Å²) in [5.41, 5.74) is 0. The van der Waals surface area contributed by atoms with Gasteiger partial charge in [0.1, 0.15) is 0 Å². The molecule has 0 saturated heterocycles. The van der Waals surface area contributed by atoms with Crippen molar-refractivity contribution < 1.29 is 0 Å². The molecule has 0 heterocycles. The first-order valence-corrected chi connectivity index (χ1v) is 3.43. The van der Waals surface area contributed by atoms with E-state index in [-0.39, 0.29) is 0 Å². The van der Waals surface area contributed by atoms with E-state index in [1.54, 1.807) is 14.1 Å². The number of thiocarbonyl (C=S) groups is 2. The van der Waals surface area contributed by atoms with E-state index < -0.39 is 0 Å². The Morgan fingerprint density at radius 1 is 1.11 bits per heavy atom. The van der Waals surface area contributed by atoms with Gasteiger partial charge < -0.3 is 10.6 Å². The summed E-state index contributed by atoms with van der Waals surface area (Å²) < 4.78 is 0. The summed E-state index contributed by atoms with van der Waals surface area (Å²) >= 11 is 9.72. The van der Waals surface area contributed by atoms with Crippen LogP contribution in [0.2, 0.25) is 0 Å². The molecule has 0 aliphatic heterocycles. The molecule has 0 atom stereocenters. The molecule has 0 aromatic rings. The fourth-order valence-electron chi connectivity index (χ4n) is 0.323. The Balaban J connectivity index is 3.47. The molecular formula is C5H10N2S2. The molecule has 0 amide bonds. The maximum atomic E-state index is 4.86. The minimum Gasteiger partial charge on any atom is -0.382 e. The van der Waals surface area contributed by atoms with E-state index in [4.69, 9.17) is 24.4 Å². The summed E-state index contributed by atoms with van der Waals surface area (Å²) in [4.78, 5) is 1.55. The lowest BCUT2D eigenvalue weighted by molar-refractivity contribution is 1.13. The molecule has 52 valence electrons. The minimum absolute atomic E-state index is 0.650. The summed E-state index contributed by atoms with van der Waals surface area (Å²) in [6.07, 6.45) is 0.650. The molecule has 0 saturated carbocycles. The first-order chi connectivity index (χ1) is 4.20. The van der Waals surface area contributed by atoms with Crippen molar-refractivity contribution in [1.82, 2.24) is 10.6 Å². The van der Waals surface area contributed by atoms with Crippen molar-refractivity contribution in [3.63, 3.8) is 0 Å². The van der Waals surface area contributed by atoms with Crippen LogP contribution >= 0.6 is 24.4 Å². The molecule has 0 aliphatic rings. The summed E-state index contributed by atoms with van der Waals surface area (Å²) in [6, 6.07) is 0. The van der Waals surface area contributed by atoms with Gasteiger partial charge >= 0.3 is 0 Å². The summed E-state index contributed by atoms with van der Waals surface area (Å²) in [5.74, 6) is 0. The highest BCUT2D eigenvalue weighted by molar-refractivity contribution is 7.82. The molecule has 0 fully saturated rings. The molecule has 2 nitrogen and oxygen atoms in total. The van der Waals surface area contributed by atoms with E-state index in [2.05, 4.69) is 10.6 Å². The van der Waals surface area contributed by atoms with Gasteiger partial charge in [0.05, 0.1) is 9.98 Å². The van der Waals surface area contributed by atoms with Crippen LogP contribution in [0.25, 0.3) is 0 Å². The third-order valence-electron chi connectivity index (χ3n) is 0.879. The van der Waals surface area contributed by atoms with E-state index in [1.165, 1.54) is 0 Å². The number of hydrogen-bond donors (Lipinski definition) is 2. The van der Waals surface area contributed by atoms with E-state index in [0.717, 1.165) is 9.98 Å². The molecule has 0 rings (SSSR count). The smallest absolute Gasteiger partial charge is 0.0819 e. The van der Waals surface area contributed by atoms with E-state index in [9.17, 15) is 0 Å². The van der Waals surface area contributed by atoms with Crippen molar-refractivity contribution in [2.75, 3.05) is 14.1 Å². The molecular weight excluding hydrogens is 152 g/mol. The molecule has 4 heteroatoms. The quantitative estimate of drug-likeness (QED) is 0.576. The lowest BCUT2D eigenvalue weighted by Gasteiger charge is -2.02. The zero-order valence-corrected chi connectivity index (χ0v) is 7.16. The SMILES string of the molecule is CNC(=S)CC(=S)NC. The van der Waals surface area contributed by atoms with Gasteiger partial charge in [0.15, 0.2) is 0 Å². The maximum absolute atomic E-state index is 4.86. The highest BCUT2D eigenvalue weighted by Gasteiger charge is 1.95. The van der Waals surface area contributed by atoms with E-state index in [1.807, 2.05) is 0 Å². The van der Waals surface area contributed by atoms with Crippen LogP contribution in [0, 0.1) is 0 Å². The molecule has 0 unspecified atom stereocenters. The van der Waals surface area contributed by atoms with Gasteiger partial charge in [-0.3, -0.25) is 0 Å². The molecule has 0 radical (unpaired) electrons. The minimum atomic E-state index is 0.650. The second-order valence-corrected chi connectivity index (χ2v) is 2.51. The Labute approximate surface area is 66.0 Å². The second kappa shape index (κ2) is 4.64. The van der Waals surface area contributed by atoms with Gasteiger partial charge in [0.25, 0.3) is 0 Å². The van der Waals surface area contributed by atoms with Crippen LogP contribution in [0.5, 0.6) is 0 Å². The highest BCUT2D eigenvalue weighted by Crippen LogP contribution is 1.83. The number of nitrogens with one attached hydrogen (secondary N) is 2. The van der Waals surface area contributed by atoms with Gasteiger partial charge in [-0.15, -0.1) is 0 Å². The monoisotopic (exact) mass is 162 g/mol. The second-order valence-electron chi connectivity index (χ2n) is 1.52. The zero-order valence-electron chi connectivity index (χ0n) is 5.52. The summed E-state index contributed by atoms with van der Waals surface area (Å²) in [6.45, 7) is 0. The van der Waals surface area contributed by atoms with Crippen molar-refractivity contribution in [2.24, 2.45) is 0 Å². The Hall–Kier alpha value is -0.220. The van der Waals surface area contributed by atoms with Crippen molar-refractivity contribution in [3.8, 4) is 0 Å². The van der Waals surface area contributed by atoms with Crippen LogP contribution in [0.3, 0.4) is 0 Å². The maximum Gasteiger partial charge on any atom is 0.0819 e. The van der Waals surface area contributed by atoms with E-state index in [0.29, 0.717) is 6.42 Å². The van der Waals surface area contributed by atoms with Crippen molar-refractivity contribution in [1.29, 1.82) is 0 Å². The van der Waals surface area contributed by atoms with Crippen LogP contribution in [0.4, 0.5) is 0 Å². The Morgan fingerprint density at radius 2 is 1.44 bits per heavy atom. The average molecular weight is 162 g/mol. The molecule has 9 heavy (non-hydrogen) atoms. The van der Waals surface area contributed by atoms with E-state index >= 15 is 0 Å². The summed E-state index contributed by atoms with van der Waals surface area (Å²) in [5, 5.41) is 5.67. The highest BCUT2D eigenvalue weighted by atomic mass is 32.1. The van der Waals surface area contributed by atoms with Gasteiger partial charge in [0, 0.05) is 20.5 Å². The van der Waals surface area contributed by atoms with Gasteiger partial charge in [-0.05, 0) is 0 Å². The first-order valence-electron chi connectivity index (χ1n) is 2.62. The van der Waals surface area contributed by atoms with Crippen molar-refractivity contribution in [2.45, 2.75) is 6.42 Å². The topological polar surface area (TPSA) is 24.1 Å². The largest absolute Gasteiger partial charge is 0.382 e. The van der Waals surface area contributed by atoms with Crippen molar-refractivity contribution in [3.05, 3.63) is 0 Å². The molecule has 0 aromatic carbocycles. The molecule has 0 aromatic heterocycles. The molecule has 0 aliphatic carbocycles. The van der Waals surface area contributed by atoms with Crippen LogP contribution in [0.1, 0.15) is 6.42 Å². The predicted octanol–water partition coefficient (Wildman–Crippen LogP) is 0.470. The molecule has 2 N–H and O–H groups in total. The number of hydrogen-bond acceptors (Lipinski definition) is 2. The number of rotatable bonds is 2. The lowest BCUT2D eigenvalue weighted by atomic mass is 10.4. The first kappa shape index (κ1) is 8.78. The van der Waals surface area contributed by atoms with Crippen LogP contribution in [-0.2, 0) is 0 Å². The average Bonchev–Trinajstić information content (AvgIpc) is 1.87. The van der Waals surface area contributed by atoms with Crippen LogP contribution in [0.15, 0.2) is 0 Å². The van der Waals surface area contributed by atoms with Gasteiger partial charge in [-0.1, -0.05) is 24.4 Å². The Morgan fingerprint density at radius 3 is 1.67 bits per heavy atom. The Bertz CT molecular complexity index is 108. The Kier molecular flexibility index (Phi) is 4.53. The predicted molar refractivity (Wildman–Crippen MR) is 47.9 cm³/mol.